The zero-order valence-corrected chi connectivity index (χ0v) is 11.7. The molecule has 12 heavy (non-hydrogen) atoms. The van der Waals surface area contributed by atoms with Gasteiger partial charge in [-0.05, 0) is 18.2 Å². The van der Waals surface area contributed by atoms with Gasteiger partial charge in [0.1, 0.15) is 5.75 Å². The van der Waals surface area contributed by atoms with Gasteiger partial charge in [-0.15, -0.1) is 0 Å². The molecule has 0 aliphatic heterocycles. The molecule has 1 nitrogen and oxygen atoms in total. The summed E-state index contributed by atoms with van der Waals surface area (Å²) >= 11 is 4.69. The summed E-state index contributed by atoms with van der Waals surface area (Å²) in [5.41, 5.74) is 0. The third-order valence-electron chi connectivity index (χ3n) is 0.957. The van der Waals surface area contributed by atoms with Crippen molar-refractivity contribution in [3.63, 3.8) is 0 Å². The van der Waals surface area contributed by atoms with E-state index < -0.39 is 15.1 Å². The summed E-state index contributed by atoms with van der Waals surface area (Å²) in [6, 6.07) is 8.04. The molecule has 5 heteroatoms. The maximum absolute atomic E-state index is 5.62. The predicted octanol–water partition coefficient (Wildman–Crippen LogP) is 3.53. The van der Waals surface area contributed by atoms with Gasteiger partial charge in [-0.1, -0.05) is 11.6 Å². The number of hydrogen-bond acceptors (Lipinski definition) is 1. The van der Waals surface area contributed by atoms with Crippen molar-refractivity contribution in [2.24, 2.45) is 0 Å². The van der Waals surface area contributed by atoms with Crippen molar-refractivity contribution in [1.29, 1.82) is 0 Å². The fourth-order valence-corrected chi connectivity index (χ4v) is 0.698. The third-order valence-corrected chi connectivity index (χ3v) is 1.19. The Hall–Kier alpha value is 0.513. The Morgan fingerprint density at radius 1 is 1.50 bits per heavy atom. The Bertz CT molecular complexity index is 220. The first-order chi connectivity index (χ1) is 5.74. The number of benzene rings is 1. The van der Waals surface area contributed by atoms with Gasteiger partial charge in [-0.3, -0.25) is 0 Å². The molecule has 0 aromatic heterocycles. The van der Waals surface area contributed by atoms with Gasteiger partial charge in [0.15, 0.2) is 0 Å². The monoisotopic (exact) mass is 275 g/mol. The van der Waals surface area contributed by atoms with Crippen LogP contribution >= 0.6 is 31.0 Å². The van der Waals surface area contributed by atoms with E-state index >= 15 is 0 Å². The van der Waals surface area contributed by atoms with Crippen molar-refractivity contribution in [2.75, 3.05) is 7.11 Å². The fraction of sp³-hybridized carbons (Fsp3) is 0.143. The van der Waals surface area contributed by atoms with E-state index in [0.29, 0.717) is 10.8 Å². The molecule has 1 aromatic rings. The van der Waals surface area contributed by atoms with E-state index in [0.717, 1.165) is 0 Å². The van der Waals surface area contributed by atoms with Gasteiger partial charge in [0.2, 0.25) is 0 Å². The summed E-state index contributed by atoms with van der Waals surface area (Å²) < 4.78 is 4.86. The Kier molecular flexibility index (Phi) is 8.47. The first-order valence-electron chi connectivity index (χ1n) is 3.07. The van der Waals surface area contributed by atoms with E-state index in [1.165, 1.54) is 0 Å². The SMILES string of the molecule is COc1[c]ccc(Cl)c1.[Cl][Zn][Cl]. The minimum absolute atomic E-state index is 0.669. The summed E-state index contributed by atoms with van der Waals surface area (Å²) in [4.78, 5) is 0. The molecule has 1 rings (SSSR count). The standard InChI is InChI=1S/C7H6ClO.2ClH.Zn/c1-9-7-4-2-3-6(8)5-7;;;/h2-3,5H,1H3;2*1H;/q;;;+2/p-2. The maximum atomic E-state index is 5.62. The molecule has 0 fully saturated rings. The van der Waals surface area contributed by atoms with E-state index in [2.05, 4.69) is 6.07 Å². The van der Waals surface area contributed by atoms with Gasteiger partial charge < -0.3 is 4.74 Å². The van der Waals surface area contributed by atoms with Crippen LogP contribution in [0.1, 0.15) is 0 Å². The van der Waals surface area contributed by atoms with Crippen LogP contribution in [0.5, 0.6) is 5.75 Å². The van der Waals surface area contributed by atoms with Gasteiger partial charge in [0, 0.05) is 11.1 Å². The fourth-order valence-electron chi connectivity index (χ4n) is 0.536. The molecule has 0 amide bonds. The third kappa shape index (κ3) is 6.08. The van der Waals surface area contributed by atoms with Crippen molar-refractivity contribution in [1.82, 2.24) is 0 Å². The van der Waals surface area contributed by atoms with Gasteiger partial charge in [-0.25, -0.2) is 0 Å². The first-order valence-corrected chi connectivity index (χ1v) is 11.2. The van der Waals surface area contributed by atoms with Gasteiger partial charge in [-0.2, -0.15) is 0 Å². The molecule has 1 radical (unpaired) electrons. The number of ether oxygens (including phenoxy) is 1. The van der Waals surface area contributed by atoms with Gasteiger partial charge in [0.05, 0.1) is 7.11 Å². The average molecular weight is 278 g/mol. The van der Waals surface area contributed by atoms with Crippen LogP contribution in [-0.4, -0.2) is 7.11 Å². The van der Waals surface area contributed by atoms with Crippen LogP contribution in [0.2, 0.25) is 5.02 Å². The molecule has 1 aromatic carbocycles. The molecule has 0 N–H and O–H groups in total. The Balaban J connectivity index is 0.000000354. The van der Waals surface area contributed by atoms with Gasteiger partial charge in [0.25, 0.3) is 0 Å². The first kappa shape index (κ1) is 12.5. The topological polar surface area (TPSA) is 9.23 Å². The van der Waals surface area contributed by atoms with Crippen molar-refractivity contribution in [2.45, 2.75) is 0 Å². The molecule has 0 saturated heterocycles. The van der Waals surface area contributed by atoms with Crippen LogP contribution in [0.3, 0.4) is 0 Å². The van der Waals surface area contributed by atoms with Crippen LogP contribution in [-0.2, 0) is 15.1 Å². The number of methoxy groups -OCH3 is 1. The van der Waals surface area contributed by atoms with Crippen molar-refractivity contribution in [3.05, 3.63) is 29.3 Å². The summed E-state index contributed by atoms with van der Waals surface area (Å²) in [6.45, 7) is 0. The average Bonchev–Trinajstić information content (AvgIpc) is 2.06. The van der Waals surface area contributed by atoms with Crippen LogP contribution < -0.4 is 4.74 Å². The van der Waals surface area contributed by atoms with Crippen LogP contribution in [0.4, 0.5) is 0 Å². The quantitative estimate of drug-likeness (QED) is 0.714. The van der Waals surface area contributed by atoms with Crippen molar-refractivity contribution < 1.29 is 19.9 Å². The molecule has 0 aliphatic rings. The Morgan fingerprint density at radius 3 is 2.42 bits per heavy atom. The Labute approximate surface area is 92.6 Å². The molecule has 0 heterocycles. The summed E-state index contributed by atoms with van der Waals surface area (Å²) in [7, 11) is 11.5. The van der Waals surface area contributed by atoms with Crippen molar-refractivity contribution in [3.8, 4) is 5.75 Å². The van der Waals surface area contributed by atoms with E-state index in [-0.39, 0.29) is 0 Å². The second-order valence-electron chi connectivity index (χ2n) is 1.68. The molecule has 63 valence electrons. The van der Waals surface area contributed by atoms with Crippen LogP contribution in [0, 0.1) is 6.07 Å². The zero-order valence-electron chi connectivity index (χ0n) is 6.48. The van der Waals surface area contributed by atoms with Crippen LogP contribution in [0.25, 0.3) is 0 Å². The zero-order chi connectivity index (χ0) is 9.40. The predicted molar refractivity (Wildman–Crippen MR) is 48.5 cm³/mol. The second-order valence-corrected chi connectivity index (χ2v) is 6.74. The summed E-state index contributed by atoms with van der Waals surface area (Å²) in [6.07, 6.45) is 0. The van der Waals surface area contributed by atoms with E-state index in [1.807, 2.05) is 0 Å². The minimum atomic E-state index is -0.931. The van der Waals surface area contributed by atoms with E-state index in [4.69, 9.17) is 35.7 Å². The Morgan fingerprint density at radius 2 is 2.08 bits per heavy atom. The van der Waals surface area contributed by atoms with E-state index in [9.17, 15) is 0 Å². The normalized spacial score (nSPS) is 7.67. The molecule has 0 atom stereocenters. The number of hydrogen-bond donors (Lipinski definition) is 0. The molecule has 0 bridgehead atoms. The molecule has 0 spiro atoms. The van der Waals surface area contributed by atoms with Crippen LogP contribution in [0.15, 0.2) is 18.2 Å². The molecule has 0 unspecified atom stereocenters. The summed E-state index contributed by atoms with van der Waals surface area (Å²) in [5, 5.41) is 0.672. The molecular weight excluding hydrogens is 272 g/mol. The second kappa shape index (κ2) is 8.13. The number of rotatable bonds is 1. The van der Waals surface area contributed by atoms with Gasteiger partial charge >= 0.3 is 34.5 Å². The van der Waals surface area contributed by atoms with Crippen molar-refractivity contribution >= 4 is 31.0 Å². The number of halogens is 3. The van der Waals surface area contributed by atoms with E-state index in [1.54, 1.807) is 25.3 Å². The summed E-state index contributed by atoms with van der Waals surface area (Å²) in [5.74, 6) is 0.669. The molecular formula is C7H6Cl3OZn. The molecule has 0 saturated carbocycles. The molecule has 0 aliphatic carbocycles.